The van der Waals surface area contributed by atoms with Crippen molar-refractivity contribution in [3.8, 4) is 11.5 Å². The number of ether oxygens (including phenoxy) is 2. The third kappa shape index (κ3) is 2.91. The van der Waals surface area contributed by atoms with Crippen LogP contribution in [0.1, 0.15) is 23.1 Å². The first kappa shape index (κ1) is 14.3. The van der Waals surface area contributed by atoms with Gasteiger partial charge >= 0.3 is 0 Å². The van der Waals surface area contributed by atoms with Crippen LogP contribution in [0.3, 0.4) is 0 Å². The molecule has 0 N–H and O–H groups in total. The number of halogens is 1. The smallest absolute Gasteiger partial charge is 0.180 e. The molecule has 2 aromatic rings. The van der Waals surface area contributed by atoms with Crippen LogP contribution in [0.2, 0.25) is 5.02 Å². The Kier molecular flexibility index (Phi) is 4.57. The first-order chi connectivity index (χ1) is 9.69. The van der Waals surface area contributed by atoms with Gasteiger partial charge in [0.05, 0.1) is 12.1 Å². The summed E-state index contributed by atoms with van der Waals surface area (Å²) < 4.78 is 12.6. The van der Waals surface area contributed by atoms with Crippen molar-refractivity contribution in [2.75, 3.05) is 7.11 Å². The molecule has 1 heterocycles. The Bertz CT molecular complexity index is 613. The SMILES string of the molecule is CCn1ncnc1COc1c(Cl)cc(C=O)cc1OC. The third-order valence-electron chi connectivity index (χ3n) is 2.73. The van der Waals surface area contributed by atoms with Crippen molar-refractivity contribution < 1.29 is 14.3 Å². The standard InChI is InChI=1S/C13H14ClN3O3/c1-3-17-12(15-8-16-17)7-20-13-10(14)4-9(6-18)5-11(13)19-2/h4-6,8H,3,7H2,1-2H3. The van der Waals surface area contributed by atoms with E-state index in [1.165, 1.54) is 19.5 Å². The molecule has 0 atom stereocenters. The number of hydrogen-bond donors (Lipinski definition) is 0. The molecule has 0 aliphatic rings. The van der Waals surface area contributed by atoms with Crippen LogP contribution in [0.5, 0.6) is 11.5 Å². The average Bonchev–Trinajstić information content (AvgIpc) is 2.92. The number of carbonyl (C=O) groups excluding carboxylic acids is 1. The van der Waals surface area contributed by atoms with Gasteiger partial charge < -0.3 is 9.47 Å². The zero-order valence-electron chi connectivity index (χ0n) is 11.2. The lowest BCUT2D eigenvalue weighted by molar-refractivity contribution is 0.112. The second kappa shape index (κ2) is 6.38. The largest absolute Gasteiger partial charge is 0.493 e. The van der Waals surface area contributed by atoms with Crippen molar-refractivity contribution in [2.45, 2.75) is 20.1 Å². The van der Waals surface area contributed by atoms with Gasteiger partial charge in [0.2, 0.25) is 0 Å². The van der Waals surface area contributed by atoms with E-state index in [-0.39, 0.29) is 6.61 Å². The fraction of sp³-hybridized carbons (Fsp3) is 0.308. The normalized spacial score (nSPS) is 10.3. The molecule has 1 aromatic heterocycles. The fourth-order valence-corrected chi connectivity index (χ4v) is 2.02. The summed E-state index contributed by atoms with van der Waals surface area (Å²) in [7, 11) is 1.49. The molecule has 6 nitrogen and oxygen atoms in total. The number of methoxy groups -OCH3 is 1. The van der Waals surface area contributed by atoms with Crippen molar-refractivity contribution in [1.82, 2.24) is 14.8 Å². The summed E-state index contributed by atoms with van der Waals surface area (Å²) in [6.07, 6.45) is 2.17. The summed E-state index contributed by atoms with van der Waals surface area (Å²) in [5.74, 6) is 1.47. The van der Waals surface area contributed by atoms with Crippen molar-refractivity contribution >= 4 is 17.9 Å². The number of benzene rings is 1. The summed E-state index contributed by atoms with van der Waals surface area (Å²) in [4.78, 5) is 14.9. The second-order valence-electron chi connectivity index (χ2n) is 3.93. The topological polar surface area (TPSA) is 66.2 Å². The lowest BCUT2D eigenvalue weighted by Crippen LogP contribution is -2.08. The number of aryl methyl sites for hydroxylation is 1. The van der Waals surface area contributed by atoms with Gasteiger partial charge in [-0.1, -0.05) is 11.6 Å². The van der Waals surface area contributed by atoms with Crippen LogP contribution >= 0.6 is 11.6 Å². The Morgan fingerprint density at radius 1 is 1.45 bits per heavy atom. The summed E-state index contributed by atoms with van der Waals surface area (Å²) in [6.45, 7) is 2.88. The number of nitrogens with zero attached hydrogens (tertiary/aromatic N) is 3. The van der Waals surface area contributed by atoms with Crippen LogP contribution in [-0.2, 0) is 13.2 Å². The van der Waals surface area contributed by atoms with Crippen LogP contribution in [-0.4, -0.2) is 28.2 Å². The fourth-order valence-electron chi connectivity index (χ4n) is 1.75. The molecule has 0 spiro atoms. The summed E-state index contributed by atoms with van der Waals surface area (Å²) in [5.41, 5.74) is 0.427. The lowest BCUT2D eigenvalue weighted by Gasteiger charge is -2.12. The molecular formula is C13H14ClN3O3. The molecule has 0 unspecified atom stereocenters. The average molecular weight is 296 g/mol. The highest BCUT2D eigenvalue weighted by molar-refractivity contribution is 6.32. The van der Waals surface area contributed by atoms with E-state index in [2.05, 4.69) is 10.1 Å². The maximum Gasteiger partial charge on any atom is 0.180 e. The van der Waals surface area contributed by atoms with Gasteiger partial charge in [-0.05, 0) is 19.1 Å². The van der Waals surface area contributed by atoms with Crippen molar-refractivity contribution in [1.29, 1.82) is 0 Å². The molecule has 1 aromatic carbocycles. The molecule has 0 aliphatic carbocycles. The van der Waals surface area contributed by atoms with Crippen LogP contribution in [0, 0.1) is 0 Å². The highest BCUT2D eigenvalue weighted by Crippen LogP contribution is 2.36. The van der Waals surface area contributed by atoms with Gasteiger partial charge in [-0.15, -0.1) is 0 Å². The molecule has 106 valence electrons. The van der Waals surface area contributed by atoms with E-state index >= 15 is 0 Å². The third-order valence-corrected chi connectivity index (χ3v) is 3.01. The first-order valence-electron chi connectivity index (χ1n) is 6.01. The minimum absolute atomic E-state index is 0.213. The number of hydrogen-bond acceptors (Lipinski definition) is 5. The van der Waals surface area contributed by atoms with Gasteiger partial charge in [-0.3, -0.25) is 4.79 Å². The Balaban J connectivity index is 2.23. The van der Waals surface area contributed by atoms with Crippen LogP contribution in [0.25, 0.3) is 0 Å². The van der Waals surface area contributed by atoms with E-state index in [0.717, 1.165) is 0 Å². The van der Waals surface area contributed by atoms with E-state index in [0.29, 0.717) is 40.7 Å². The predicted octanol–water partition coefficient (Wildman–Crippen LogP) is 2.35. The van der Waals surface area contributed by atoms with Crippen LogP contribution in [0.4, 0.5) is 0 Å². The number of carbonyl (C=O) groups is 1. The van der Waals surface area contributed by atoms with Crippen LogP contribution < -0.4 is 9.47 Å². The molecule has 0 fully saturated rings. The molecule has 0 amide bonds. The van der Waals surface area contributed by atoms with E-state index < -0.39 is 0 Å². The molecular weight excluding hydrogens is 282 g/mol. The molecule has 0 saturated carbocycles. The van der Waals surface area contributed by atoms with Crippen molar-refractivity contribution in [3.63, 3.8) is 0 Å². The summed E-state index contributed by atoms with van der Waals surface area (Å²) in [6, 6.07) is 3.09. The molecule has 0 aliphatic heterocycles. The first-order valence-corrected chi connectivity index (χ1v) is 6.39. The minimum atomic E-state index is 0.213. The molecule has 7 heteroatoms. The van der Waals surface area contributed by atoms with Crippen molar-refractivity contribution in [2.24, 2.45) is 0 Å². The minimum Gasteiger partial charge on any atom is -0.493 e. The zero-order chi connectivity index (χ0) is 14.5. The van der Waals surface area contributed by atoms with Gasteiger partial charge in [0, 0.05) is 12.1 Å². The van der Waals surface area contributed by atoms with Gasteiger partial charge in [0.25, 0.3) is 0 Å². The highest BCUT2D eigenvalue weighted by atomic mass is 35.5. The lowest BCUT2D eigenvalue weighted by atomic mass is 10.2. The maximum atomic E-state index is 10.8. The van der Waals surface area contributed by atoms with E-state index in [1.807, 2.05) is 6.92 Å². The van der Waals surface area contributed by atoms with E-state index in [1.54, 1.807) is 10.7 Å². The van der Waals surface area contributed by atoms with Gasteiger partial charge in [0.15, 0.2) is 17.3 Å². The summed E-state index contributed by atoms with van der Waals surface area (Å²) in [5, 5.41) is 4.37. The Labute approximate surface area is 121 Å². The van der Waals surface area contributed by atoms with Crippen LogP contribution in [0.15, 0.2) is 18.5 Å². The highest BCUT2D eigenvalue weighted by Gasteiger charge is 2.13. The molecule has 0 bridgehead atoms. The zero-order valence-corrected chi connectivity index (χ0v) is 11.9. The van der Waals surface area contributed by atoms with Gasteiger partial charge in [0.1, 0.15) is 19.2 Å². The molecule has 0 radical (unpaired) electrons. The monoisotopic (exact) mass is 295 g/mol. The Morgan fingerprint density at radius 2 is 2.25 bits per heavy atom. The van der Waals surface area contributed by atoms with Gasteiger partial charge in [-0.25, -0.2) is 9.67 Å². The molecule has 2 rings (SSSR count). The number of rotatable bonds is 6. The van der Waals surface area contributed by atoms with E-state index in [9.17, 15) is 4.79 Å². The Hall–Kier alpha value is -2.08. The van der Waals surface area contributed by atoms with Gasteiger partial charge in [-0.2, -0.15) is 5.10 Å². The predicted molar refractivity (Wildman–Crippen MR) is 73.4 cm³/mol. The number of aldehydes is 1. The maximum absolute atomic E-state index is 10.8. The Morgan fingerprint density at radius 3 is 2.90 bits per heavy atom. The summed E-state index contributed by atoms with van der Waals surface area (Å²) >= 11 is 6.10. The number of aromatic nitrogens is 3. The quantitative estimate of drug-likeness (QED) is 0.765. The van der Waals surface area contributed by atoms with Crippen molar-refractivity contribution in [3.05, 3.63) is 34.9 Å². The molecule has 0 saturated heterocycles. The molecule has 20 heavy (non-hydrogen) atoms. The van der Waals surface area contributed by atoms with E-state index in [4.69, 9.17) is 21.1 Å². The second-order valence-corrected chi connectivity index (χ2v) is 4.34.